The van der Waals surface area contributed by atoms with Crippen molar-refractivity contribution in [3.63, 3.8) is 0 Å². The van der Waals surface area contributed by atoms with Gasteiger partial charge in [-0.15, -0.1) is 4.99 Å². The van der Waals surface area contributed by atoms with Crippen molar-refractivity contribution < 1.29 is 4.79 Å². The number of alkyl halides is 2. The Hall–Kier alpha value is -2.82. The van der Waals surface area contributed by atoms with E-state index >= 15 is 0 Å². The average Bonchev–Trinajstić information content (AvgIpc) is 2.65. The lowest BCUT2D eigenvalue weighted by molar-refractivity contribution is 0.0950. The summed E-state index contributed by atoms with van der Waals surface area (Å²) in [6.07, 6.45) is 4.90. The molecule has 0 fully saturated rings. The van der Waals surface area contributed by atoms with Crippen LogP contribution in [-0.4, -0.2) is 33.8 Å². The van der Waals surface area contributed by atoms with E-state index in [2.05, 4.69) is 25.9 Å². The Kier molecular flexibility index (Phi) is 7.41. The molecule has 2 aromatic rings. The number of nitriles is 1. The fourth-order valence-corrected chi connectivity index (χ4v) is 2.39. The summed E-state index contributed by atoms with van der Waals surface area (Å²) >= 11 is 12.5. The van der Waals surface area contributed by atoms with E-state index < -0.39 is 10.4 Å². The fraction of sp³-hybridized carbons (Fsp3) is 0.222. The van der Waals surface area contributed by atoms with Crippen molar-refractivity contribution in [1.82, 2.24) is 15.6 Å². The molecule has 0 aliphatic heterocycles. The molecule has 1 aromatic heterocycles. The third kappa shape index (κ3) is 6.77. The van der Waals surface area contributed by atoms with E-state index in [0.29, 0.717) is 11.3 Å². The second-order valence-corrected chi connectivity index (χ2v) is 7.42. The number of carbonyl (C=O) groups excluding carboxylic acids is 1. The van der Waals surface area contributed by atoms with Gasteiger partial charge in [-0.1, -0.05) is 41.4 Å². The van der Waals surface area contributed by atoms with Crippen molar-refractivity contribution in [3.8, 4) is 6.19 Å². The Morgan fingerprint density at radius 3 is 2.63 bits per heavy atom. The zero-order chi connectivity index (χ0) is 19.7. The van der Waals surface area contributed by atoms with E-state index in [0.717, 1.165) is 0 Å². The highest BCUT2D eigenvalue weighted by molar-refractivity contribution is 6.48. The molecule has 0 radical (unpaired) electrons. The predicted molar refractivity (Wildman–Crippen MR) is 107 cm³/mol. The van der Waals surface area contributed by atoms with Crippen LogP contribution in [0, 0.1) is 11.5 Å². The van der Waals surface area contributed by atoms with Crippen LogP contribution in [0.3, 0.4) is 0 Å². The van der Waals surface area contributed by atoms with Gasteiger partial charge in [-0.05, 0) is 31.2 Å². The lowest BCUT2D eigenvalue weighted by Gasteiger charge is -2.29. The highest BCUT2D eigenvalue weighted by Gasteiger charge is 2.31. The van der Waals surface area contributed by atoms with Crippen molar-refractivity contribution in [2.75, 3.05) is 11.9 Å². The van der Waals surface area contributed by atoms with E-state index in [1.807, 2.05) is 6.07 Å². The highest BCUT2D eigenvalue weighted by atomic mass is 35.5. The molecule has 1 aromatic carbocycles. The maximum Gasteiger partial charge on any atom is 0.251 e. The molecule has 0 spiro atoms. The monoisotopic (exact) mass is 404 g/mol. The van der Waals surface area contributed by atoms with E-state index in [1.165, 1.54) is 0 Å². The van der Waals surface area contributed by atoms with Gasteiger partial charge in [0, 0.05) is 18.3 Å². The first-order valence-corrected chi connectivity index (χ1v) is 8.77. The summed E-state index contributed by atoms with van der Waals surface area (Å²) in [7, 11) is 0. The molecule has 1 unspecified atom stereocenters. The number of anilines is 1. The van der Waals surface area contributed by atoms with Gasteiger partial charge in [-0.2, -0.15) is 5.26 Å². The van der Waals surface area contributed by atoms with Gasteiger partial charge in [0.25, 0.3) is 5.91 Å². The number of benzene rings is 1. The molecule has 0 bridgehead atoms. The minimum Gasteiger partial charge on any atom is -0.350 e. The van der Waals surface area contributed by atoms with E-state index in [1.54, 1.807) is 61.9 Å². The van der Waals surface area contributed by atoms with Crippen molar-refractivity contribution in [2.24, 2.45) is 4.99 Å². The number of carbonyl (C=O) groups is 1. The molecule has 2 rings (SSSR count). The second-order valence-electron chi connectivity index (χ2n) is 5.66. The molecule has 140 valence electrons. The molecule has 0 saturated heterocycles. The van der Waals surface area contributed by atoms with Gasteiger partial charge in [0.05, 0.1) is 17.9 Å². The lowest BCUT2D eigenvalue weighted by atomic mass is 10.2. The normalized spacial score (nSPS) is 12.6. The molecule has 3 N–H and O–H groups in total. The van der Waals surface area contributed by atoms with Crippen LogP contribution < -0.4 is 16.0 Å². The molecule has 27 heavy (non-hydrogen) atoms. The van der Waals surface area contributed by atoms with Crippen molar-refractivity contribution in [1.29, 1.82) is 5.26 Å². The number of nitrogens with zero attached hydrogens (tertiary/aromatic N) is 3. The van der Waals surface area contributed by atoms with Crippen molar-refractivity contribution >= 4 is 40.8 Å². The minimum absolute atomic E-state index is 0.108. The van der Waals surface area contributed by atoms with Gasteiger partial charge >= 0.3 is 0 Å². The first-order valence-electron chi connectivity index (χ1n) is 8.01. The second kappa shape index (κ2) is 9.76. The third-order valence-corrected chi connectivity index (χ3v) is 4.04. The topological polar surface area (TPSA) is 102 Å². The number of rotatable bonds is 6. The molecule has 0 aliphatic carbocycles. The van der Waals surface area contributed by atoms with E-state index in [9.17, 15) is 4.79 Å². The number of nitrogens with one attached hydrogen (secondary N) is 3. The number of amides is 1. The molecule has 1 atom stereocenters. The van der Waals surface area contributed by atoms with E-state index in [4.69, 9.17) is 28.5 Å². The summed E-state index contributed by atoms with van der Waals surface area (Å²) in [4.78, 5) is 19.9. The Labute approximate surface area is 167 Å². The standard InChI is InChI=1S/C18H18Cl2N6O/c1-18(19,20)15(11-23-16(27)13-6-3-2-4-7-13)26-17(24-12-21)25-14-8-5-9-22-10-14/h2-10,15H,11H2,1H3,(H,23,27)(H2,24,25,26). The number of hydrogen-bond acceptors (Lipinski definition) is 4. The van der Waals surface area contributed by atoms with Gasteiger partial charge in [0.15, 0.2) is 0 Å². The van der Waals surface area contributed by atoms with Crippen LogP contribution in [-0.2, 0) is 0 Å². The smallest absolute Gasteiger partial charge is 0.251 e. The largest absolute Gasteiger partial charge is 0.350 e. The highest BCUT2D eigenvalue weighted by Crippen LogP contribution is 2.24. The molecular weight excluding hydrogens is 387 g/mol. The molecular formula is C18H18Cl2N6O. The SMILES string of the molecule is CC(Cl)(Cl)C(CNC(=O)c1ccccc1)N/C(=N/C#N)Nc1cccnc1. The van der Waals surface area contributed by atoms with Gasteiger partial charge in [0.2, 0.25) is 12.2 Å². The molecule has 1 heterocycles. The summed E-state index contributed by atoms with van der Waals surface area (Å²) in [5, 5.41) is 17.6. The van der Waals surface area contributed by atoms with Crippen LogP contribution in [0.4, 0.5) is 5.69 Å². The van der Waals surface area contributed by atoms with Gasteiger partial charge in [0.1, 0.15) is 4.33 Å². The number of pyridine rings is 1. The Morgan fingerprint density at radius 2 is 2.04 bits per heavy atom. The average molecular weight is 405 g/mol. The summed E-state index contributed by atoms with van der Waals surface area (Å²) in [6, 6.07) is 11.6. The van der Waals surface area contributed by atoms with E-state index in [-0.39, 0.29) is 18.4 Å². The predicted octanol–water partition coefficient (Wildman–Crippen LogP) is 2.91. The van der Waals surface area contributed by atoms with Crippen LogP contribution in [0.15, 0.2) is 59.9 Å². The number of guanidine groups is 1. The van der Waals surface area contributed by atoms with Crippen molar-refractivity contribution in [3.05, 3.63) is 60.4 Å². The first kappa shape index (κ1) is 20.5. The fourth-order valence-electron chi connectivity index (χ4n) is 2.13. The summed E-state index contributed by atoms with van der Waals surface area (Å²) in [5.74, 6) is -0.129. The number of aromatic nitrogens is 1. The molecule has 1 amide bonds. The maximum atomic E-state index is 12.2. The molecule has 0 aliphatic rings. The zero-order valence-electron chi connectivity index (χ0n) is 14.5. The van der Waals surface area contributed by atoms with Gasteiger partial charge in [-0.3, -0.25) is 9.78 Å². The molecule has 0 saturated carbocycles. The number of halogens is 2. The van der Waals surface area contributed by atoms with Crippen LogP contribution >= 0.6 is 23.2 Å². The Morgan fingerprint density at radius 1 is 1.30 bits per heavy atom. The quantitative estimate of drug-likeness (QED) is 0.297. The zero-order valence-corrected chi connectivity index (χ0v) is 16.0. The van der Waals surface area contributed by atoms with Crippen LogP contribution in [0.25, 0.3) is 0 Å². The lowest BCUT2D eigenvalue weighted by Crippen LogP contribution is -2.53. The van der Waals surface area contributed by atoms with Crippen molar-refractivity contribution in [2.45, 2.75) is 17.3 Å². The maximum absolute atomic E-state index is 12.2. The molecule has 7 nitrogen and oxygen atoms in total. The number of aliphatic imine (C=N–C) groups is 1. The van der Waals surface area contributed by atoms with Crippen LogP contribution in [0.2, 0.25) is 0 Å². The number of hydrogen-bond donors (Lipinski definition) is 3. The van der Waals surface area contributed by atoms with Gasteiger partial charge in [-0.25, -0.2) is 0 Å². The summed E-state index contributed by atoms with van der Waals surface area (Å²) in [5.41, 5.74) is 1.14. The Balaban J connectivity index is 2.07. The summed E-state index contributed by atoms with van der Waals surface area (Å²) in [6.45, 7) is 1.69. The third-order valence-electron chi connectivity index (χ3n) is 3.51. The minimum atomic E-state index is -1.25. The van der Waals surface area contributed by atoms with Gasteiger partial charge < -0.3 is 16.0 Å². The van der Waals surface area contributed by atoms with Crippen LogP contribution in [0.1, 0.15) is 17.3 Å². The molecule has 9 heteroatoms. The summed E-state index contributed by atoms with van der Waals surface area (Å²) < 4.78 is -1.25. The Bertz CT molecular complexity index is 815. The van der Waals surface area contributed by atoms with Crippen LogP contribution in [0.5, 0.6) is 0 Å². The first-order chi connectivity index (χ1) is 12.9.